The van der Waals surface area contributed by atoms with Crippen LogP contribution in [-0.2, 0) is 6.18 Å². The zero-order valence-electron chi connectivity index (χ0n) is 8.85. The first-order valence-electron chi connectivity index (χ1n) is 4.81. The number of aromatic amines is 1. The van der Waals surface area contributed by atoms with Gasteiger partial charge in [0.2, 0.25) is 4.77 Å². The van der Waals surface area contributed by atoms with E-state index in [4.69, 9.17) is 12.2 Å². The van der Waals surface area contributed by atoms with Crippen molar-refractivity contribution >= 4 is 18.4 Å². The minimum Gasteiger partial charge on any atom is -0.250 e. The van der Waals surface area contributed by atoms with Gasteiger partial charge in [-0.25, -0.2) is 0 Å². The van der Waals surface area contributed by atoms with Gasteiger partial charge in [0.15, 0.2) is 0 Å². The van der Waals surface area contributed by atoms with Crippen LogP contribution >= 0.6 is 12.2 Å². The standard InChI is InChI=1S/C10H7F3N4S/c11-10(12,13)8-4-2-1-3-7(8)5-15-17-6-14-16-9(17)18/h1-6H,(H,16,18)/b15-5-. The maximum Gasteiger partial charge on any atom is 0.417 e. The summed E-state index contributed by atoms with van der Waals surface area (Å²) in [5.41, 5.74) is -0.781. The summed E-state index contributed by atoms with van der Waals surface area (Å²) in [6.07, 6.45) is -2.05. The second kappa shape index (κ2) is 4.73. The fourth-order valence-electron chi connectivity index (χ4n) is 1.32. The molecule has 0 spiro atoms. The van der Waals surface area contributed by atoms with Gasteiger partial charge in [-0.1, -0.05) is 18.2 Å². The van der Waals surface area contributed by atoms with Gasteiger partial charge in [-0.05, 0) is 18.3 Å². The van der Waals surface area contributed by atoms with Crippen molar-refractivity contribution in [1.29, 1.82) is 0 Å². The predicted molar refractivity (Wildman–Crippen MR) is 61.8 cm³/mol. The van der Waals surface area contributed by atoms with Gasteiger partial charge in [0.05, 0.1) is 11.8 Å². The van der Waals surface area contributed by atoms with Crippen molar-refractivity contribution in [1.82, 2.24) is 14.9 Å². The normalized spacial score (nSPS) is 12.2. The van der Waals surface area contributed by atoms with Crippen LogP contribution in [0.25, 0.3) is 0 Å². The molecule has 0 atom stereocenters. The lowest BCUT2D eigenvalue weighted by Crippen LogP contribution is -2.08. The van der Waals surface area contributed by atoms with Crippen molar-refractivity contribution < 1.29 is 13.2 Å². The first-order chi connectivity index (χ1) is 8.48. The van der Waals surface area contributed by atoms with E-state index in [2.05, 4.69) is 15.3 Å². The largest absolute Gasteiger partial charge is 0.417 e. The molecule has 0 aliphatic carbocycles. The van der Waals surface area contributed by atoms with Gasteiger partial charge in [0.25, 0.3) is 0 Å². The third-order valence-corrected chi connectivity index (χ3v) is 2.40. The van der Waals surface area contributed by atoms with E-state index in [1.165, 1.54) is 29.2 Å². The molecule has 0 fully saturated rings. The summed E-state index contributed by atoms with van der Waals surface area (Å²) in [5.74, 6) is 0. The van der Waals surface area contributed by atoms with Crippen molar-refractivity contribution in [2.45, 2.75) is 6.18 Å². The van der Waals surface area contributed by atoms with Crippen LogP contribution in [0.1, 0.15) is 11.1 Å². The number of hydrogen-bond acceptors (Lipinski definition) is 3. The second-order valence-electron chi connectivity index (χ2n) is 3.34. The molecule has 94 valence electrons. The van der Waals surface area contributed by atoms with Crippen LogP contribution in [0.3, 0.4) is 0 Å². The number of benzene rings is 1. The van der Waals surface area contributed by atoms with E-state index in [1.807, 2.05) is 0 Å². The first kappa shape index (κ1) is 12.5. The molecule has 0 amide bonds. The molecule has 0 aliphatic heterocycles. The molecule has 1 aromatic carbocycles. The number of hydrogen-bond donors (Lipinski definition) is 1. The SMILES string of the molecule is FC(F)(F)c1ccccc1/C=N\n1cn[nH]c1=S. The van der Waals surface area contributed by atoms with Crippen LogP contribution in [-0.4, -0.2) is 21.1 Å². The topological polar surface area (TPSA) is 46.0 Å². The molecule has 8 heteroatoms. The van der Waals surface area contributed by atoms with Gasteiger partial charge >= 0.3 is 6.18 Å². The Balaban J connectivity index is 2.39. The van der Waals surface area contributed by atoms with Crippen molar-refractivity contribution in [2.75, 3.05) is 0 Å². The minimum absolute atomic E-state index is 0.0342. The number of nitrogens with one attached hydrogen (secondary N) is 1. The Hall–Kier alpha value is -1.96. The number of aromatic nitrogens is 3. The molecule has 0 bridgehead atoms. The molecule has 0 aliphatic rings. The molecular weight excluding hydrogens is 265 g/mol. The Labute approximate surface area is 105 Å². The van der Waals surface area contributed by atoms with Crippen LogP contribution in [0.5, 0.6) is 0 Å². The zero-order valence-corrected chi connectivity index (χ0v) is 9.66. The molecule has 1 N–H and O–H groups in total. The molecule has 18 heavy (non-hydrogen) atoms. The van der Waals surface area contributed by atoms with E-state index < -0.39 is 11.7 Å². The number of rotatable bonds is 2. The highest BCUT2D eigenvalue weighted by atomic mass is 32.1. The molecule has 0 unspecified atom stereocenters. The van der Waals surface area contributed by atoms with Crippen molar-refractivity contribution in [3.05, 3.63) is 46.5 Å². The fourth-order valence-corrected chi connectivity index (χ4v) is 1.46. The lowest BCUT2D eigenvalue weighted by Gasteiger charge is -2.08. The third-order valence-electron chi connectivity index (χ3n) is 2.12. The summed E-state index contributed by atoms with van der Waals surface area (Å²) in [7, 11) is 0. The summed E-state index contributed by atoms with van der Waals surface area (Å²) in [4.78, 5) is 0. The fraction of sp³-hybridized carbons (Fsp3) is 0.100. The highest BCUT2D eigenvalue weighted by molar-refractivity contribution is 7.71. The van der Waals surface area contributed by atoms with E-state index in [0.717, 1.165) is 12.3 Å². The predicted octanol–water partition coefficient (Wildman–Crippen LogP) is 2.84. The lowest BCUT2D eigenvalue weighted by atomic mass is 10.1. The maximum atomic E-state index is 12.7. The summed E-state index contributed by atoms with van der Waals surface area (Å²) >= 11 is 4.82. The Kier molecular flexibility index (Phi) is 3.28. The lowest BCUT2D eigenvalue weighted by molar-refractivity contribution is -0.137. The molecule has 0 radical (unpaired) electrons. The van der Waals surface area contributed by atoms with E-state index in [-0.39, 0.29) is 10.3 Å². The van der Waals surface area contributed by atoms with Crippen LogP contribution < -0.4 is 0 Å². The molecule has 4 nitrogen and oxygen atoms in total. The summed E-state index contributed by atoms with van der Waals surface area (Å²) in [6.45, 7) is 0. The molecule has 0 saturated carbocycles. The maximum absolute atomic E-state index is 12.7. The van der Waals surface area contributed by atoms with Crippen LogP contribution in [0.2, 0.25) is 0 Å². The Morgan fingerprint density at radius 1 is 1.33 bits per heavy atom. The molecule has 0 saturated heterocycles. The quantitative estimate of drug-likeness (QED) is 0.675. The number of H-pyrrole nitrogens is 1. The number of alkyl halides is 3. The number of nitrogens with zero attached hydrogens (tertiary/aromatic N) is 3. The Bertz CT molecular complexity index is 626. The second-order valence-corrected chi connectivity index (χ2v) is 3.72. The first-order valence-corrected chi connectivity index (χ1v) is 5.22. The van der Waals surface area contributed by atoms with Gasteiger partial charge in [-0.3, -0.25) is 5.10 Å². The average molecular weight is 272 g/mol. The van der Waals surface area contributed by atoms with Gasteiger partial charge < -0.3 is 0 Å². The van der Waals surface area contributed by atoms with E-state index in [9.17, 15) is 13.2 Å². The summed E-state index contributed by atoms with van der Waals surface area (Å²) < 4.78 is 39.4. The van der Waals surface area contributed by atoms with E-state index in [0.29, 0.717) is 0 Å². The molecular formula is C10H7F3N4S. The van der Waals surface area contributed by atoms with Gasteiger partial charge in [-0.15, -0.1) is 0 Å². The number of halogens is 3. The molecule has 2 rings (SSSR count). The van der Waals surface area contributed by atoms with Crippen molar-refractivity contribution in [3.63, 3.8) is 0 Å². The Morgan fingerprint density at radius 2 is 2.06 bits per heavy atom. The van der Waals surface area contributed by atoms with E-state index >= 15 is 0 Å². The molecule has 1 aromatic heterocycles. The van der Waals surface area contributed by atoms with Gasteiger partial charge in [0.1, 0.15) is 6.33 Å². The highest BCUT2D eigenvalue weighted by Gasteiger charge is 2.32. The highest BCUT2D eigenvalue weighted by Crippen LogP contribution is 2.31. The third kappa shape index (κ3) is 2.65. The van der Waals surface area contributed by atoms with Crippen molar-refractivity contribution in [2.24, 2.45) is 5.10 Å². The minimum atomic E-state index is -4.42. The Morgan fingerprint density at radius 3 is 2.67 bits per heavy atom. The summed E-state index contributed by atoms with van der Waals surface area (Å²) in [5, 5.41) is 9.85. The van der Waals surface area contributed by atoms with Gasteiger partial charge in [0, 0.05) is 5.56 Å². The van der Waals surface area contributed by atoms with Gasteiger partial charge in [-0.2, -0.15) is 28.0 Å². The zero-order chi connectivity index (χ0) is 13.2. The molecule has 1 heterocycles. The van der Waals surface area contributed by atoms with Crippen molar-refractivity contribution in [3.8, 4) is 0 Å². The van der Waals surface area contributed by atoms with Crippen LogP contribution in [0.15, 0.2) is 35.7 Å². The van der Waals surface area contributed by atoms with Crippen LogP contribution in [0.4, 0.5) is 13.2 Å². The van der Waals surface area contributed by atoms with Crippen LogP contribution in [0, 0.1) is 4.77 Å². The smallest absolute Gasteiger partial charge is 0.250 e. The molecule has 2 aromatic rings. The average Bonchev–Trinajstić information content (AvgIpc) is 2.71. The monoisotopic (exact) mass is 272 g/mol. The van der Waals surface area contributed by atoms with E-state index in [1.54, 1.807) is 0 Å². The summed E-state index contributed by atoms with van der Waals surface area (Å²) in [6, 6.07) is 5.15.